The molecule has 1 aromatic carbocycles. The first-order chi connectivity index (χ1) is 11.7. The molecule has 0 fully saturated rings. The summed E-state index contributed by atoms with van der Waals surface area (Å²) in [4.78, 5) is 25.1. The van der Waals surface area contributed by atoms with Crippen molar-refractivity contribution in [3.05, 3.63) is 59.3 Å². The van der Waals surface area contributed by atoms with Crippen LogP contribution in [-0.2, 0) is 9.53 Å². The fraction of sp³-hybridized carbons (Fsp3) is 0.125. The fourth-order valence-electron chi connectivity index (χ4n) is 1.99. The second-order valence-electron chi connectivity index (χ2n) is 4.72. The predicted molar refractivity (Wildman–Crippen MR) is 86.3 cm³/mol. The number of thiophene rings is 1. The minimum absolute atomic E-state index is 0.0328. The van der Waals surface area contributed by atoms with Gasteiger partial charge in [0.05, 0.1) is 12.0 Å². The standard InChI is InChI=1S/C16H13N3O4S/c1-22-16(21)12(17-13(20)10-6-3-2-4-7-10)15-19-18-14(23-15)11-8-5-9-24-11/h2-9,12H,1H3,(H,17,20). The van der Waals surface area contributed by atoms with Crippen molar-refractivity contribution >= 4 is 23.2 Å². The molecule has 8 heteroatoms. The average Bonchev–Trinajstić information content (AvgIpc) is 3.30. The van der Waals surface area contributed by atoms with Crippen molar-refractivity contribution in [2.24, 2.45) is 0 Å². The van der Waals surface area contributed by atoms with Crippen molar-refractivity contribution < 1.29 is 18.7 Å². The van der Waals surface area contributed by atoms with E-state index < -0.39 is 17.9 Å². The van der Waals surface area contributed by atoms with E-state index in [1.54, 1.807) is 30.3 Å². The summed E-state index contributed by atoms with van der Waals surface area (Å²) < 4.78 is 10.2. The second-order valence-corrected chi connectivity index (χ2v) is 5.67. The van der Waals surface area contributed by atoms with Gasteiger partial charge < -0.3 is 14.5 Å². The number of hydrogen-bond donors (Lipinski definition) is 1. The van der Waals surface area contributed by atoms with Gasteiger partial charge >= 0.3 is 5.97 Å². The van der Waals surface area contributed by atoms with Crippen LogP contribution in [0.2, 0.25) is 0 Å². The van der Waals surface area contributed by atoms with Gasteiger partial charge in [-0.2, -0.15) is 0 Å². The molecule has 0 bridgehead atoms. The number of carbonyl (C=O) groups is 2. The monoisotopic (exact) mass is 343 g/mol. The summed E-state index contributed by atoms with van der Waals surface area (Å²) in [6.07, 6.45) is 0. The first-order valence-corrected chi connectivity index (χ1v) is 7.88. The Morgan fingerprint density at radius 1 is 1.17 bits per heavy atom. The lowest BCUT2D eigenvalue weighted by Gasteiger charge is -2.12. The molecule has 1 amide bonds. The lowest BCUT2D eigenvalue weighted by molar-refractivity contribution is -0.143. The number of aromatic nitrogens is 2. The van der Waals surface area contributed by atoms with E-state index in [4.69, 9.17) is 9.15 Å². The van der Waals surface area contributed by atoms with Gasteiger partial charge in [0.15, 0.2) is 0 Å². The van der Waals surface area contributed by atoms with E-state index in [0.29, 0.717) is 5.56 Å². The zero-order valence-electron chi connectivity index (χ0n) is 12.6. The molecule has 0 radical (unpaired) electrons. The molecular formula is C16H13N3O4S. The highest BCUT2D eigenvalue weighted by atomic mass is 32.1. The number of benzene rings is 1. The molecule has 1 unspecified atom stereocenters. The highest BCUT2D eigenvalue weighted by molar-refractivity contribution is 7.13. The number of ether oxygens (including phenoxy) is 1. The molecule has 0 spiro atoms. The third-order valence-electron chi connectivity index (χ3n) is 3.17. The molecule has 2 aromatic heterocycles. The predicted octanol–water partition coefficient (Wildman–Crippen LogP) is 2.44. The Morgan fingerprint density at radius 2 is 1.96 bits per heavy atom. The van der Waals surface area contributed by atoms with Gasteiger partial charge in [-0.3, -0.25) is 4.79 Å². The summed E-state index contributed by atoms with van der Waals surface area (Å²) in [7, 11) is 1.22. The Morgan fingerprint density at radius 3 is 2.62 bits per heavy atom. The fourth-order valence-corrected chi connectivity index (χ4v) is 2.64. The van der Waals surface area contributed by atoms with Crippen molar-refractivity contribution in [3.8, 4) is 10.8 Å². The highest BCUT2D eigenvalue weighted by Gasteiger charge is 2.30. The summed E-state index contributed by atoms with van der Waals surface area (Å²) in [6, 6.07) is 11.0. The van der Waals surface area contributed by atoms with Crippen LogP contribution in [0.5, 0.6) is 0 Å². The second kappa shape index (κ2) is 7.05. The van der Waals surface area contributed by atoms with Crippen LogP contribution in [0.1, 0.15) is 22.3 Å². The lowest BCUT2D eigenvalue weighted by Crippen LogP contribution is -2.34. The maximum Gasteiger partial charge on any atom is 0.338 e. The van der Waals surface area contributed by atoms with Crippen LogP contribution in [0.15, 0.2) is 52.3 Å². The van der Waals surface area contributed by atoms with Crippen LogP contribution < -0.4 is 5.32 Å². The quantitative estimate of drug-likeness (QED) is 0.715. The number of nitrogens with zero attached hydrogens (tertiary/aromatic N) is 2. The molecule has 0 aliphatic heterocycles. The molecule has 0 saturated heterocycles. The Balaban J connectivity index is 1.85. The SMILES string of the molecule is COC(=O)C(NC(=O)c1ccccc1)c1nnc(-c2cccs2)o1. The molecule has 3 rings (SSSR count). The number of esters is 1. The van der Waals surface area contributed by atoms with Crippen LogP contribution in [0.4, 0.5) is 0 Å². The van der Waals surface area contributed by atoms with Gasteiger partial charge in [-0.1, -0.05) is 24.3 Å². The molecule has 0 saturated carbocycles. The van der Waals surface area contributed by atoms with E-state index in [0.717, 1.165) is 4.88 Å². The largest absolute Gasteiger partial charge is 0.467 e. The van der Waals surface area contributed by atoms with Gasteiger partial charge in [-0.05, 0) is 23.6 Å². The minimum atomic E-state index is -1.18. The van der Waals surface area contributed by atoms with Gasteiger partial charge in [-0.25, -0.2) is 4.79 Å². The maximum absolute atomic E-state index is 12.3. The maximum atomic E-state index is 12.3. The van der Waals surface area contributed by atoms with E-state index in [1.165, 1.54) is 18.4 Å². The van der Waals surface area contributed by atoms with Crippen molar-refractivity contribution in [2.45, 2.75) is 6.04 Å². The topological polar surface area (TPSA) is 94.3 Å². The van der Waals surface area contributed by atoms with Crippen LogP contribution in [0.25, 0.3) is 10.8 Å². The third-order valence-corrected chi connectivity index (χ3v) is 4.03. The third kappa shape index (κ3) is 3.33. The van der Waals surface area contributed by atoms with E-state index >= 15 is 0 Å². The van der Waals surface area contributed by atoms with Gasteiger partial charge in [0.2, 0.25) is 6.04 Å². The van der Waals surface area contributed by atoms with Crippen LogP contribution >= 0.6 is 11.3 Å². The summed E-state index contributed by atoms with van der Waals surface area (Å²) in [5.74, 6) is -0.889. The highest BCUT2D eigenvalue weighted by Crippen LogP contribution is 2.25. The normalized spacial score (nSPS) is 11.7. The van der Waals surface area contributed by atoms with Crippen LogP contribution in [-0.4, -0.2) is 29.2 Å². The summed E-state index contributed by atoms with van der Waals surface area (Å²) in [6.45, 7) is 0. The molecule has 0 aliphatic rings. The van der Waals surface area contributed by atoms with E-state index in [2.05, 4.69) is 15.5 Å². The zero-order valence-corrected chi connectivity index (χ0v) is 13.4. The number of hydrogen-bond acceptors (Lipinski definition) is 7. The van der Waals surface area contributed by atoms with E-state index in [1.807, 2.05) is 17.5 Å². The van der Waals surface area contributed by atoms with Crippen molar-refractivity contribution in [2.75, 3.05) is 7.11 Å². The van der Waals surface area contributed by atoms with Gasteiger partial charge in [0.1, 0.15) is 0 Å². The molecule has 24 heavy (non-hydrogen) atoms. The zero-order chi connectivity index (χ0) is 16.9. The average molecular weight is 343 g/mol. The first kappa shape index (κ1) is 15.9. The Hall–Kier alpha value is -3.00. The smallest absolute Gasteiger partial charge is 0.338 e. The molecule has 3 aromatic rings. The van der Waals surface area contributed by atoms with E-state index in [9.17, 15) is 9.59 Å². The van der Waals surface area contributed by atoms with Gasteiger partial charge in [0.25, 0.3) is 17.7 Å². The molecule has 7 nitrogen and oxygen atoms in total. The number of nitrogens with one attached hydrogen (secondary N) is 1. The number of rotatable bonds is 5. The number of amides is 1. The lowest BCUT2D eigenvalue weighted by atomic mass is 10.2. The molecular weight excluding hydrogens is 330 g/mol. The van der Waals surface area contributed by atoms with Gasteiger partial charge in [0, 0.05) is 5.56 Å². The van der Waals surface area contributed by atoms with Crippen molar-refractivity contribution in [1.29, 1.82) is 0 Å². The Labute approximate surface area is 141 Å². The summed E-state index contributed by atoms with van der Waals surface area (Å²) in [5.41, 5.74) is 0.407. The molecule has 0 aliphatic carbocycles. The summed E-state index contributed by atoms with van der Waals surface area (Å²) in [5, 5.41) is 12.2. The Kier molecular flexibility index (Phi) is 4.66. The molecule has 1 atom stereocenters. The Bertz CT molecular complexity index is 830. The minimum Gasteiger partial charge on any atom is -0.467 e. The molecule has 122 valence electrons. The van der Waals surface area contributed by atoms with E-state index in [-0.39, 0.29) is 11.8 Å². The van der Waals surface area contributed by atoms with Crippen LogP contribution in [0.3, 0.4) is 0 Å². The van der Waals surface area contributed by atoms with Crippen LogP contribution in [0, 0.1) is 0 Å². The first-order valence-electron chi connectivity index (χ1n) is 7.00. The van der Waals surface area contributed by atoms with Gasteiger partial charge in [-0.15, -0.1) is 21.5 Å². The molecule has 1 N–H and O–H groups in total. The van der Waals surface area contributed by atoms with Crippen molar-refractivity contribution in [3.63, 3.8) is 0 Å². The van der Waals surface area contributed by atoms with Crippen molar-refractivity contribution in [1.82, 2.24) is 15.5 Å². The molecule has 2 heterocycles. The number of carbonyl (C=O) groups excluding carboxylic acids is 2. The summed E-state index contributed by atoms with van der Waals surface area (Å²) >= 11 is 1.43. The number of methoxy groups -OCH3 is 1.